The lowest BCUT2D eigenvalue weighted by atomic mass is 9.96. The van der Waals surface area contributed by atoms with E-state index in [2.05, 4.69) is 10.6 Å². The summed E-state index contributed by atoms with van der Waals surface area (Å²) in [5.74, 6) is -1.25. The summed E-state index contributed by atoms with van der Waals surface area (Å²) in [6, 6.07) is 7.38. The normalized spacial score (nSPS) is 24.1. The topological polar surface area (TPSA) is 114 Å². The van der Waals surface area contributed by atoms with Gasteiger partial charge in [-0.1, -0.05) is 30.3 Å². The number of nitrogens with one attached hydrogen (secondary N) is 2. The molecule has 150 valence electrons. The average Bonchev–Trinajstić information content (AvgIpc) is 3.12. The van der Waals surface area contributed by atoms with Crippen LogP contribution in [0.1, 0.15) is 32.8 Å². The van der Waals surface area contributed by atoms with Gasteiger partial charge in [-0.05, 0) is 26.3 Å². The zero-order valence-electron chi connectivity index (χ0n) is 16.0. The second-order valence-corrected chi connectivity index (χ2v) is 7.91. The molecule has 0 aromatic heterocycles. The van der Waals surface area contributed by atoms with Gasteiger partial charge in [-0.15, -0.1) is 0 Å². The van der Waals surface area contributed by atoms with Crippen molar-refractivity contribution < 1.29 is 28.7 Å². The minimum absolute atomic E-state index is 0.0316. The molecule has 9 heteroatoms. The van der Waals surface area contributed by atoms with Crippen molar-refractivity contribution in [3.63, 3.8) is 0 Å². The highest BCUT2D eigenvalue weighted by Gasteiger charge is 2.58. The molecule has 0 aliphatic carbocycles. The lowest BCUT2D eigenvalue weighted by Crippen LogP contribution is -2.50. The van der Waals surface area contributed by atoms with Crippen LogP contribution in [-0.4, -0.2) is 52.6 Å². The molecule has 4 amide bonds. The molecular formula is C19H23N3O6. The summed E-state index contributed by atoms with van der Waals surface area (Å²) >= 11 is 0. The van der Waals surface area contributed by atoms with Crippen LogP contribution in [0.15, 0.2) is 30.3 Å². The summed E-state index contributed by atoms with van der Waals surface area (Å²) in [7, 11) is 0. The number of hydrogen-bond acceptors (Lipinski definition) is 6. The van der Waals surface area contributed by atoms with E-state index in [1.807, 2.05) is 18.2 Å². The molecular weight excluding hydrogens is 366 g/mol. The van der Waals surface area contributed by atoms with Gasteiger partial charge in [0.05, 0.1) is 6.54 Å². The van der Waals surface area contributed by atoms with Crippen LogP contribution in [0.25, 0.3) is 0 Å². The summed E-state index contributed by atoms with van der Waals surface area (Å²) < 4.78 is 10.7. The molecule has 9 nitrogen and oxygen atoms in total. The monoisotopic (exact) mass is 389 g/mol. The van der Waals surface area contributed by atoms with E-state index in [1.165, 1.54) is 0 Å². The van der Waals surface area contributed by atoms with E-state index in [4.69, 9.17) is 9.47 Å². The largest absolute Gasteiger partial charge is 0.459 e. The van der Waals surface area contributed by atoms with Gasteiger partial charge in [0.2, 0.25) is 0 Å². The Bertz CT molecular complexity index is 804. The number of imide groups is 1. The van der Waals surface area contributed by atoms with Crippen LogP contribution < -0.4 is 10.6 Å². The first kappa shape index (κ1) is 19.7. The van der Waals surface area contributed by atoms with Crippen molar-refractivity contribution in [1.82, 2.24) is 15.5 Å². The van der Waals surface area contributed by atoms with Crippen molar-refractivity contribution in [1.29, 1.82) is 0 Å². The van der Waals surface area contributed by atoms with Crippen LogP contribution in [-0.2, 0) is 25.7 Å². The Kier molecular flexibility index (Phi) is 5.01. The summed E-state index contributed by atoms with van der Waals surface area (Å²) in [4.78, 5) is 50.4. The standard InChI is InChI=1S/C19H23N3O6/c1-18(2,3)28-17(26)22-11-19(15(24)20-16(25)21-19)9-13(22)14(23)27-10-12-7-5-4-6-8-12/h4-8,13H,9-11H2,1-3H3,(H2,20,21,24,25)/t13-,19-/m0/s1. The van der Waals surface area contributed by atoms with Gasteiger partial charge >= 0.3 is 18.1 Å². The van der Waals surface area contributed by atoms with Crippen molar-refractivity contribution in [2.45, 2.75) is 51.0 Å². The van der Waals surface area contributed by atoms with Crippen molar-refractivity contribution in [2.75, 3.05) is 6.54 Å². The number of esters is 1. The number of nitrogens with zero attached hydrogens (tertiary/aromatic N) is 1. The molecule has 1 aromatic carbocycles. The van der Waals surface area contributed by atoms with Crippen LogP contribution >= 0.6 is 0 Å². The highest BCUT2D eigenvalue weighted by Crippen LogP contribution is 2.32. The van der Waals surface area contributed by atoms with Crippen LogP contribution in [0.3, 0.4) is 0 Å². The molecule has 2 aliphatic heterocycles. The van der Waals surface area contributed by atoms with Crippen molar-refractivity contribution in [3.8, 4) is 0 Å². The van der Waals surface area contributed by atoms with E-state index in [0.717, 1.165) is 10.5 Å². The summed E-state index contributed by atoms with van der Waals surface area (Å²) in [6.45, 7) is 4.95. The molecule has 1 spiro atoms. The smallest absolute Gasteiger partial charge is 0.411 e. The van der Waals surface area contributed by atoms with E-state index < -0.39 is 41.2 Å². The van der Waals surface area contributed by atoms with Gasteiger partial charge in [-0.3, -0.25) is 15.0 Å². The van der Waals surface area contributed by atoms with Crippen molar-refractivity contribution in [2.24, 2.45) is 0 Å². The van der Waals surface area contributed by atoms with Crippen molar-refractivity contribution in [3.05, 3.63) is 35.9 Å². The molecule has 0 bridgehead atoms. The lowest BCUT2D eigenvalue weighted by Gasteiger charge is -2.27. The van der Waals surface area contributed by atoms with Crippen LogP contribution in [0.5, 0.6) is 0 Å². The molecule has 0 saturated carbocycles. The molecule has 2 heterocycles. The zero-order chi connectivity index (χ0) is 20.5. The Morgan fingerprint density at radius 1 is 1.21 bits per heavy atom. The summed E-state index contributed by atoms with van der Waals surface area (Å²) in [5.41, 5.74) is -1.36. The van der Waals surface area contributed by atoms with Gasteiger partial charge in [0, 0.05) is 6.42 Å². The third-order valence-corrected chi connectivity index (χ3v) is 4.50. The van der Waals surface area contributed by atoms with Gasteiger partial charge in [0.15, 0.2) is 0 Å². The number of amides is 4. The highest BCUT2D eigenvalue weighted by atomic mass is 16.6. The number of likely N-dealkylation sites (tertiary alicyclic amines) is 1. The Balaban J connectivity index is 1.78. The number of ether oxygens (including phenoxy) is 2. The number of carbonyl (C=O) groups is 4. The third-order valence-electron chi connectivity index (χ3n) is 4.50. The number of benzene rings is 1. The fourth-order valence-electron chi connectivity index (χ4n) is 3.24. The Morgan fingerprint density at radius 2 is 1.89 bits per heavy atom. The average molecular weight is 389 g/mol. The van der Waals surface area contributed by atoms with Gasteiger partial charge in [-0.25, -0.2) is 14.4 Å². The highest BCUT2D eigenvalue weighted by molar-refractivity contribution is 6.08. The Labute approximate surface area is 162 Å². The minimum Gasteiger partial charge on any atom is -0.459 e. The lowest BCUT2D eigenvalue weighted by molar-refractivity contribution is -0.150. The van der Waals surface area contributed by atoms with Gasteiger partial charge in [0.25, 0.3) is 5.91 Å². The molecule has 2 N–H and O–H groups in total. The van der Waals surface area contributed by atoms with Gasteiger partial charge < -0.3 is 14.8 Å². The van der Waals surface area contributed by atoms with Crippen LogP contribution in [0.4, 0.5) is 9.59 Å². The fourth-order valence-corrected chi connectivity index (χ4v) is 3.24. The second kappa shape index (κ2) is 7.14. The quantitative estimate of drug-likeness (QED) is 0.595. The predicted octanol–water partition coefficient (Wildman–Crippen LogP) is 1.32. The second-order valence-electron chi connectivity index (χ2n) is 7.91. The third kappa shape index (κ3) is 4.08. The summed E-state index contributed by atoms with van der Waals surface area (Å²) in [5, 5.41) is 4.68. The molecule has 2 aliphatic rings. The summed E-state index contributed by atoms with van der Waals surface area (Å²) in [6.07, 6.45) is -0.836. The first-order valence-electron chi connectivity index (χ1n) is 8.93. The number of urea groups is 1. The van der Waals surface area contributed by atoms with Gasteiger partial charge in [0.1, 0.15) is 23.8 Å². The molecule has 2 saturated heterocycles. The molecule has 0 unspecified atom stereocenters. The van der Waals surface area contributed by atoms with E-state index >= 15 is 0 Å². The van der Waals surface area contributed by atoms with E-state index in [9.17, 15) is 19.2 Å². The van der Waals surface area contributed by atoms with E-state index in [-0.39, 0.29) is 19.6 Å². The number of hydrogen-bond donors (Lipinski definition) is 2. The maximum atomic E-state index is 12.7. The number of rotatable bonds is 3. The van der Waals surface area contributed by atoms with Crippen LogP contribution in [0, 0.1) is 0 Å². The first-order valence-corrected chi connectivity index (χ1v) is 8.93. The SMILES string of the molecule is CC(C)(C)OC(=O)N1C[C@]2(C[C@H]1C(=O)OCc1ccccc1)NC(=O)NC2=O. The Hall–Kier alpha value is -3.10. The van der Waals surface area contributed by atoms with E-state index in [1.54, 1.807) is 32.9 Å². The molecule has 3 rings (SSSR count). The van der Waals surface area contributed by atoms with Crippen molar-refractivity contribution >= 4 is 24.0 Å². The molecule has 2 fully saturated rings. The molecule has 1 aromatic rings. The maximum Gasteiger partial charge on any atom is 0.411 e. The van der Waals surface area contributed by atoms with Crippen LogP contribution in [0.2, 0.25) is 0 Å². The zero-order valence-corrected chi connectivity index (χ0v) is 16.0. The van der Waals surface area contributed by atoms with E-state index in [0.29, 0.717) is 0 Å². The molecule has 28 heavy (non-hydrogen) atoms. The first-order chi connectivity index (χ1) is 13.1. The minimum atomic E-state index is -1.37. The maximum absolute atomic E-state index is 12.7. The molecule has 0 radical (unpaired) electrons. The molecule has 2 atom stereocenters. The predicted molar refractivity (Wildman–Crippen MR) is 97.0 cm³/mol. The number of carbonyl (C=O) groups excluding carboxylic acids is 4. The Morgan fingerprint density at radius 3 is 2.46 bits per heavy atom. The van der Waals surface area contributed by atoms with Gasteiger partial charge in [-0.2, -0.15) is 0 Å². The fraction of sp³-hybridized carbons (Fsp3) is 0.474.